The minimum Gasteiger partial charge on any atom is -0.497 e. The van der Waals surface area contributed by atoms with E-state index in [1.165, 1.54) is 7.11 Å². The zero-order valence-electron chi connectivity index (χ0n) is 9.82. The third-order valence-corrected chi connectivity index (χ3v) is 2.08. The van der Waals surface area contributed by atoms with Crippen LogP contribution in [0.1, 0.15) is 12.5 Å². The second-order valence-electron chi connectivity index (χ2n) is 3.18. The highest BCUT2D eigenvalue weighted by Crippen LogP contribution is 2.21. The molecule has 90 valence electrons. The summed E-state index contributed by atoms with van der Waals surface area (Å²) in [4.78, 5) is 11.2. The molecule has 1 N–H and O–H groups in total. The Morgan fingerprint density at radius 1 is 1.53 bits per heavy atom. The van der Waals surface area contributed by atoms with E-state index in [2.05, 4.69) is 5.32 Å². The predicted octanol–water partition coefficient (Wildman–Crippen LogP) is 1.54. The van der Waals surface area contributed by atoms with Gasteiger partial charge in [-0.15, -0.1) is 0 Å². The van der Waals surface area contributed by atoms with Crippen LogP contribution in [0.15, 0.2) is 18.2 Å². The molecule has 0 aliphatic rings. The van der Waals surface area contributed by atoms with Crippen molar-refractivity contribution in [3.8, 4) is 11.8 Å². The van der Waals surface area contributed by atoms with Crippen molar-refractivity contribution in [1.29, 1.82) is 5.26 Å². The molecule has 1 aromatic rings. The Hall–Kier alpha value is -2.22. The van der Waals surface area contributed by atoms with Gasteiger partial charge in [0.2, 0.25) is 0 Å². The van der Waals surface area contributed by atoms with Crippen LogP contribution < -0.4 is 10.1 Å². The molecule has 0 radical (unpaired) electrons. The number of esters is 1. The lowest BCUT2D eigenvalue weighted by Crippen LogP contribution is -2.17. The van der Waals surface area contributed by atoms with E-state index in [4.69, 9.17) is 14.7 Å². The van der Waals surface area contributed by atoms with Gasteiger partial charge in [0.25, 0.3) is 0 Å². The van der Waals surface area contributed by atoms with Crippen LogP contribution in [0.3, 0.4) is 0 Å². The van der Waals surface area contributed by atoms with Crippen molar-refractivity contribution in [2.75, 3.05) is 25.6 Å². The molecule has 0 aliphatic carbocycles. The Balaban J connectivity index is 2.75. The molecular formula is C12H14N2O3. The number of ether oxygens (including phenoxy) is 2. The molecule has 0 unspecified atom stereocenters. The Bertz CT molecular complexity index is 438. The number of hydrogen-bond donors (Lipinski definition) is 1. The van der Waals surface area contributed by atoms with Gasteiger partial charge in [0.05, 0.1) is 25.0 Å². The quantitative estimate of drug-likeness (QED) is 0.782. The molecule has 1 rings (SSSR count). The second-order valence-corrected chi connectivity index (χ2v) is 3.18. The third-order valence-electron chi connectivity index (χ3n) is 2.08. The molecule has 0 fully saturated rings. The average molecular weight is 234 g/mol. The minimum absolute atomic E-state index is 0.0235. The first kappa shape index (κ1) is 12.8. The lowest BCUT2D eigenvalue weighted by molar-refractivity contribution is -0.140. The molecule has 0 aromatic heterocycles. The van der Waals surface area contributed by atoms with Crippen molar-refractivity contribution in [3.63, 3.8) is 0 Å². The topological polar surface area (TPSA) is 71.3 Å². The number of hydrogen-bond acceptors (Lipinski definition) is 5. The van der Waals surface area contributed by atoms with Crippen LogP contribution in [0.4, 0.5) is 5.69 Å². The zero-order chi connectivity index (χ0) is 12.7. The summed E-state index contributed by atoms with van der Waals surface area (Å²) in [6, 6.07) is 7.02. The predicted molar refractivity (Wildman–Crippen MR) is 62.8 cm³/mol. The lowest BCUT2D eigenvalue weighted by Gasteiger charge is -2.09. The second kappa shape index (κ2) is 6.38. The monoisotopic (exact) mass is 234 g/mol. The van der Waals surface area contributed by atoms with E-state index < -0.39 is 0 Å². The summed E-state index contributed by atoms with van der Waals surface area (Å²) in [7, 11) is 1.54. The van der Waals surface area contributed by atoms with Gasteiger partial charge in [-0.1, -0.05) is 0 Å². The molecule has 5 heteroatoms. The van der Waals surface area contributed by atoms with Gasteiger partial charge in [0.15, 0.2) is 0 Å². The van der Waals surface area contributed by atoms with Gasteiger partial charge in [-0.25, -0.2) is 0 Å². The Kier molecular flexibility index (Phi) is 4.82. The first-order chi connectivity index (χ1) is 8.21. The summed E-state index contributed by atoms with van der Waals surface area (Å²) in [6.45, 7) is 2.10. The van der Waals surface area contributed by atoms with E-state index in [0.717, 1.165) is 0 Å². The van der Waals surface area contributed by atoms with E-state index in [0.29, 0.717) is 23.6 Å². The average Bonchev–Trinajstić information content (AvgIpc) is 2.36. The lowest BCUT2D eigenvalue weighted by atomic mass is 10.2. The Morgan fingerprint density at radius 2 is 2.29 bits per heavy atom. The molecule has 1 aromatic carbocycles. The molecule has 0 saturated heterocycles. The van der Waals surface area contributed by atoms with E-state index >= 15 is 0 Å². The molecule has 0 bridgehead atoms. The van der Waals surface area contributed by atoms with Crippen molar-refractivity contribution >= 4 is 11.7 Å². The number of anilines is 1. The number of methoxy groups -OCH3 is 1. The van der Waals surface area contributed by atoms with Gasteiger partial charge in [-0.05, 0) is 19.1 Å². The molecular weight excluding hydrogens is 220 g/mol. The summed E-state index contributed by atoms with van der Waals surface area (Å²) < 4.78 is 9.82. The standard InChI is InChI=1S/C12H14N2O3/c1-3-17-12(15)8-14-11-6-10(16-2)5-4-9(11)7-13/h4-6,14H,3,8H2,1-2H3. The van der Waals surface area contributed by atoms with Gasteiger partial charge in [0, 0.05) is 6.07 Å². The Morgan fingerprint density at radius 3 is 2.88 bits per heavy atom. The molecule has 0 amide bonds. The molecule has 5 nitrogen and oxygen atoms in total. The first-order valence-electron chi connectivity index (χ1n) is 5.19. The van der Waals surface area contributed by atoms with Crippen LogP contribution >= 0.6 is 0 Å². The van der Waals surface area contributed by atoms with E-state index in [1.807, 2.05) is 6.07 Å². The summed E-state index contributed by atoms with van der Waals surface area (Å²) in [5, 5.41) is 11.8. The first-order valence-corrected chi connectivity index (χ1v) is 5.19. The summed E-state index contributed by atoms with van der Waals surface area (Å²) in [5.41, 5.74) is 1.01. The molecule has 0 aliphatic heterocycles. The van der Waals surface area contributed by atoms with Crippen LogP contribution in [0.5, 0.6) is 5.75 Å². The van der Waals surface area contributed by atoms with Gasteiger partial charge < -0.3 is 14.8 Å². The normalized spacial score (nSPS) is 9.24. The van der Waals surface area contributed by atoms with Crippen molar-refractivity contribution in [2.24, 2.45) is 0 Å². The fourth-order valence-corrected chi connectivity index (χ4v) is 1.27. The molecule has 0 heterocycles. The number of nitriles is 1. The van der Waals surface area contributed by atoms with Crippen molar-refractivity contribution in [3.05, 3.63) is 23.8 Å². The third kappa shape index (κ3) is 3.68. The maximum Gasteiger partial charge on any atom is 0.325 e. The largest absolute Gasteiger partial charge is 0.497 e. The van der Waals surface area contributed by atoms with Crippen LogP contribution in [0.25, 0.3) is 0 Å². The van der Waals surface area contributed by atoms with Crippen LogP contribution in [0, 0.1) is 11.3 Å². The highest BCUT2D eigenvalue weighted by Gasteiger charge is 2.06. The molecule has 0 saturated carbocycles. The summed E-state index contributed by atoms with van der Waals surface area (Å²) in [5.74, 6) is 0.259. The van der Waals surface area contributed by atoms with Gasteiger partial charge in [-0.3, -0.25) is 4.79 Å². The van der Waals surface area contributed by atoms with Gasteiger partial charge >= 0.3 is 5.97 Å². The Labute approximate surface area is 100.0 Å². The number of nitrogens with one attached hydrogen (secondary N) is 1. The number of nitrogens with zero attached hydrogens (tertiary/aromatic N) is 1. The zero-order valence-corrected chi connectivity index (χ0v) is 9.82. The van der Waals surface area contributed by atoms with Crippen molar-refractivity contribution < 1.29 is 14.3 Å². The smallest absolute Gasteiger partial charge is 0.325 e. The van der Waals surface area contributed by atoms with Gasteiger partial charge in [0.1, 0.15) is 18.4 Å². The summed E-state index contributed by atoms with van der Waals surface area (Å²) >= 11 is 0. The van der Waals surface area contributed by atoms with Crippen molar-refractivity contribution in [1.82, 2.24) is 0 Å². The maximum absolute atomic E-state index is 11.2. The van der Waals surface area contributed by atoms with E-state index in [-0.39, 0.29) is 12.5 Å². The van der Waals surface area contributed by atoms with Crippen molar-refractivity contribution in [2.45, 2.75) is 6.92 Å². The highest BCUT2D eigenvalue weighted by atomic mass is 16.5. The number of carbonyl (C=O) groups excluding carboxylic acids is 1. The fraction of sp³-hybridized carbons (Fsp3) is 0.333. The maximum atomic E-state index is 11.2. The molecule has 0 atom stereocenters. The number of carbonyl (C=O) groups is 1. The minimum atomic E-state index is -0.362. The van der Waals surface area contributed by atoms with Crippen LogP contribution in [0.2, 0.25) is 0 Å². The van der Waals surface area contributed by atoms with Gasteiger partial charge in [-0.2, -0.15) is 5.26 Å². The van der Waals surface area contributed by atoms with Crippen LogP contribution in [-0.4, -0.2) is 26.2 Å². The highest BCUT2D eigenvalue weighted by molar-refractivity contribution is 5.76. The number of benzene rings is 1. The van der Waals surface area contributed by atoms with E-state index in [9.17, 15) is 4.79 Å². The SMILES string of the molecule is CCOC(=O)CNc1cc(OC)ccc1C#N. The summed E-state index contributed by atoms with van der Waals surface area (Å²) in [6.07, 6.45) is 0. The van der Waals surface area contributed by atoms with E-state index in [1.54, 1.807) is 25.1 Å². The molecule has 0 spiro atoms. The molecule has 17 heavy (non-hydrogen) atoms. The fourth-order valence-electron chi connectivity index (χ4n) is 1.27. The number of rotatable bonds is 5. The van der Waals surface area contributed by atoms with Crippen LogP contribution in [-0.2, 0) is 9.53 Å².